The lowest BCUT2D eigenvalue weighted by Gasteiger charge is -2.14. The monoisotopic (exact) mass is 244 g/mol. The molecular formula is C13H9ClN2O. The Hall–Kier alpha value is -1.74. The predicted molar refractivity (Wildman–Crippen MR) is 67.2 cm³/mol. The van der Waals surface area contributed by atoms with Crippen LogP contribution in [0.1, 0.15) is 27.4 Å². The molecule has 1 heterocycles. The lowest BCUT2D eigenvalue weighted by Crippen LogP contribution is -2.09. The summed E-state index contributed by atoms with van der Waals surface area (Å²) in [4.78, 5) is 20.5. The maximum absolute atomic E-state index is 11.9. The summed E-state index contributed by atoms with van der Waals surface area (Å²) in [5.41, 5.74) is 3.12. The SMILES string of the molecule is Cc1nc2c3c(ccc(C)c3n1)C(Cl)=CC2=O. The Morgan fingerprint density at radius 3 is 2.71 bits per heavy atom. The summed E-state index contributed by atoms with van der Waals surface area (Å²) in [5, 5.41) is 1.23. The molecule has 0 N–H and O–H groups in total. The molecule has 3 nitrogen and oxygen atoms in total. The van der Waals surface area contributed by atoms with Crippen LogP contribution in [0.2, 0.25) is 0 Å². The van der Waals surface area contributed by atoms with Crippen molar-refractivity contribution in [2.45, 2.75) is 13.8 Å². The molecule has 0 spiro atoms. The van der Waals surface area contributed by atoms with E-state index in [-0.39, 0.29) is 5.78 Å². The zero-order valence-corrected chi connectivity index (χ0v) is 10.2. The second kappa shape index (κ2) is 3.37. The molecule has 0 aliphatic heterocycles. The molecule has 1 aromatic carbocycles. The molecule has 4 heteroatoms. The second-order valence-electron chi connectivity index (χ2n) is 4.13. The van der Waals surface area contributed by atoms with Gasteiger partial charge in [-0.25, -0.2) is 9.97 Å². The lowest BCUT2D eigenvalue weighted by molar-refractivity contribution is 0.104. The van der Waals surface area contributed by atoms with E-state index in [1.54, 1.807) is 6.92 Å². The quantitative estimate of drug-likeness (QED) is 0.715. The van der Waals surface area contributed by atoms with Gasteiger partial charge in [-0.15, -0.1) is 0 Å². The standard InChI is InChI=1S/C13H9ClN2O/c1-6-3-4-8-9(14)5-10(17)13-11(8)12(6)15-7(2)16-13/h3-5H,1-2H3. The molecule has 1 aromatic heterocycles. The third-order valence-electron chi connectivity index (χ3n) is 2.91. The number of aryl methyl sites for hydroxylation is 2. The molecule has 84 valence electrons. The minimum atomic E-state index is -0.149. The highest BCUT2D eigenvalue weighted by Crippen LogP contribution is 2.34. The van der Waals surface area contributed by atoms with Crippen LogP contribution in [0, 0.1) is 13.8 Å². The molecule has 2 aromatic rings. The van der Waals surface area contributed by atoms with Gasteiger partial charge in [0, 0.05) is 17.0 Å². The van der Waals surface area contributed by atoms with Gasteiger partial charge in [-0.1, -0.05) is 23.7 Å². The molecule has 0 fully saturated rings. The molecule has 0 amide bonds. The van der Waals surface area contributed by atoms with Gasteiger partial charge in [0.25, 0.3) is 0 Å². The first-order chi connectivity index (χ1) is 8.08. The van der Waals surface area contributed by atoms with Crippen LogP contribution in [0.25, 0.3) is 15.9 Å². The van der Waals surface area contributed by atoms with Gasteiger partial charge in [0.1, 0.15) is 11.5 Å². The fraction of sp³-hybridized carbons (Fsp3) is 0.154. The molecule has 0 radical (unpaired) electrons. The van der Waals surface area contributed by atoms with Crippen molar-refractivity contribution in [1.82, 2.24) is 9.97 Å². The maximum atomic E-state index is 11.9. The highest BCUT2D eigenvalue weighted by molar-refractivity contribution is 6.53. The fourth-order valence-electron chi connectivity index (χ4n) is 2.12. The summed E-state index contributed by atoms with van der Waals surface area (Å²) < 4.78 is 0. The molecule has 0 saturated heterocycles. The number of aromatic nitrogens is 2. The Bertz CT molecular complexity index is 704. The van der Waals surface area contributed by atoms with E-state index in [4.69, 9.17) is 11.6 Å². The van der Waals surface area contributed by atoms with Crippen molar-refractivity contribution in [2.24, 2.45) is 0 Å². The summed E-state index contributed by atoms with van der Waals surface area (Å²) in [5.74, 6) is 0.455. The van der Waals surface area contributed by atoms with E-state index in [1.165, 1.54) is 6.08 Å². The molecule has 1 aliphatic rings. The lowest BCUT2D eigenvalue weighted by atomic mass is 9.96. The molecule has 0 bridgehead atoms. The Labute approximate surface area is 103 Å². The molecule has 0 saturated carbocycles. The number of ketones is 1. The zero-order chi connectivity index (χ0) is 12.2. The van der Waals surface area contributed by atoms with Crippen LogP contribution >= 0.6 is 11.6 Å². The van der Waals surface area contributed by atoms with Crippen molar-refractivity contribution in [3.8, 4) is 0 Å². The summed E-state index contributed by atoms with van der Waals surface area (Å²) in [6.07, 6.45) is 1.42. The van der Waals surface area contributed by atoms with Crippen molar-refractivity contribution < 1.29 is 4.79 Å². The highest BCUT2D eigenvalue weighted by atomic mass is 35.5. The van der Waals surface area contributed by atoms with Gasteiger partial charge in [0.05, 0.1) is 10.5 Å². The number of carbonyl (C=O) groups is 1. The van der Waals surface area contributed by atoms with Crippen LogP contribution in [-0.2, 0) is 0 Å². The number of nitrogens with zero attached hydrogens (tertiary/aromatic N) is 2. The number of benzene rings is 1. The van der Waals surface area contributed by atoms with Crippen molar-refractivity contribution in [1.29, 1.82) is 0 Å². The van der Waals surface area contributed by atoms with E-state index in [9.17, 15) is 4.79 Å². The van der Waals surface area contributed by atoms with Crippen molar-refractivity contribution in [3.05, 3.63) is 40.9 Å². The third-order valence-corrected chi connectivity index (χ3v) is 3.22. The second-order valence-corrected chi connectivity index (χ2v) is 4.54. The largest absolute Gasteiger partial charge is 0.287 e. The van der Waals surface area contributed by atoms with Crippen LogP contribution in [0.3, 0.4) is 0 Å². The van der Waals surface area contributed by atoms with Crippen molar-refractivity contribution in [2.75, 3.05) is 0 Å². The fourth-order valence-corrected chi connectivity index (χ4v) is 2.38. The zero-order valence-electron chi connectivity index (χ0n) is 9.41. The molecular weight excluding hydrogens is 236 g/mol. The van der Waals surface area contributed by atoms with E-state index < -0.39 is 0 Å². The van der Waals surface area contributed by atoms with Gasteiger partial charge in [-0.05, 0) is 19.4 Å². The topological polar surface area (TPSA) is 42.9 Å². The normalized spacial score (nSPS) is 14.1. The first-order valence-corrected chi connectivity index (χ1v) is 5.65. The van der Waals surface area contributed by atoms with Gasteiger partial charge >= 0.3 is 0 Å². The minimum Gasteiger partial charge on any atom is -0.287 e. The predicted octanol–water partition coefficient (Wildman–Crippen LogP) is 3.02. The van der Waals surface area contributed by atoms with Crippen LogP contribution in [0.4, 0.5) is 0 Å². The maximum Gasteiger partial charge on any atom is 0.206 e. The first-order valence-electron chi connectivity index (χ1n) is 5.28. The van der Waals surface area contributed by atoms with E-state index in [0.717, 1.165) is 22.0 Å². The van der Waals surface area contributed by atoms with E-state index in [2.05, 4.69) is 9.97 Å². The number of carbonyl (C=O) groups excluding carboxylic acids is 1. The van der Waals surface area contributed by atoms with Crippen molar-refractivity contribution >= 4 is 33.3 Å². The molecule has 17 heavy (non-hydrogen) atoms. The van der Waals surface area contributed by atoms with E-state index in [0.29, 0.717) is 16.6 Å². The Kier molecular flexibility index (Phi) is 2.07. The van der Waals surface area contributed by atoms with Gasteiger partial charge < -0.3 is 0 Å². The van der Waals surface area contributed by atoms with Gasteiger partial charge in [-0.2, -0.15) is 0 Å². The summed E-state index contributed by atoms with van der Waals surface area (Å²) in [7, 11) is 0. The van der Waals surface area contributed by atoms with Gasteiger partial charge in [-0.3, -0.25) is 4.79 Å². The number of rotatable bonds is 0. The summed E-state index contributed by atoms with van der Waals surface area (Å²) in [6, 6.07) is 3.87. The summed E-state index contributed by atoms with van der Waals surface area (Å²) in [6.45, 7) is 3.75. The van der Waals surface area contributed by atoms with E-state index in [1.807, 2.05) is 19.1 Å². The van der Waals surface area contributed by atoms with Crippen molar-refractivity contribution in [3.63, 3.8) is 0 Å². The molecule has 0 unspecified atom stereocenters. The number of halogens is 1. The number of allylic oxidation sites excluding steroid dienone is 1. The van der Waals surface area contributed by atoms with Crippen LogP contribution in [0.15, 0.2) is 18.2 Å². The first kappa shape index (κ1) is 10.4. The number of hydrogen-bond acceptors (Lipinski definition) is 3. The van der Waals surface area contributed by atoms with E-state index >= 15 is 0 Å². The van der Waals surface area contributed by atoms with Gasteiger partial charge in [0.15, 0.2) is 0 Å². The average Bonchev–Trinajstić information content (AvgIpc) is 2.27. The third kappa shape index (κ3) is 1.39. The molecule has 1 aliphatic carbocycles. The van der Waals surface area contributed by atoms with Crippen LogP contribution in [-0.4, -0.2) is 15.8 Å². The number of hydrogen-bond donors (Lipinski definition) is 0. The average molecular weight is 245 g/mol. The van der Waals surface area contributed by atoms with Crippen LogP contribution < -0.4 is 0 Å². The Morgan fingerprint density at radius 1 is 1.18 bits per heavy atom. The Morgan fingerprint density at radius 2 is 1.94 bits per heavy atom. The molecule has 0 atom stereocenters. The van der Waals surface area contributed by atoms with Gasteiger partial charge in [0.2, 0.25) is 5.78 Å². The smallest absolute Gasteiger partial charge is 0.206 e. The summed E-state index contributed by atoms with van der Waals surface area (Å²) >= 11 is 6.09. The Balaban J connectivity index is 2.59. The van der Waals surface area contributed by atoms with Crippen LogP contribution in [0.5, 0.6) is 0 Å². The minimum absolute atomic E-state index is 0.149. The molecule has 3 rings (SSSR count). The highest BCUT2D eigenvalue weighted by Gasteiger charge is 2.22.